The lowest BCUT2D eigenvalue weighted by Crippen LogP contribution is -2.33. The maximum Gasteiger partial charge on any atom is 0.247 e. The molecule has 5 nitrogen and oxygen atoms in total. The molecule has 1 aliphatic rings. The summed E-state index contributed by atoms with van der Waals surface area (Å²) in [5, 5.41) is 2.68. The Morgan fingerprint density at radius 2 is 1.79 bits per heavy atom. The van der Waals surface area contributed by atoms with E-state index < -0.39 is 0 Å². The average molecular weight is 379 g/mol. The van der Waals surface area contributed by atoms with E-state index in [-0.39, 0.29) is 24.8 Å². The molecule has 0 saturated heterocycles. The maximum absolute atomic E-state index is 12.3. The maximum atomic E-state index is 12.3. The first-order valence-corrected chi connectivity index (χ1v) is 9.36. The van der Waals surface area contributed by atoms with Gasteiger partial charge in [-0.1, -0.05) is 32.0 Å². The van der Waals surface area contributed by atoms with Gasteiger partial charge in [0.25, 0.3) is 0 Å². The molecule has 2 aromatic rings. The number of amides is 1. The molecular formula is C23H25NO4. The molecule has 1 aliphatic carbocycles. The Hall–Kier alpha value is -3.08. The van der Waals surface area contributed by atoms with E-state index in [0.29, 0.717) is 23.7 Å². The predicted octanol–water partition coefficient (Wildman–Crippen LogP) is 3.52. The van der Waals surface area contributed by atoms with Crippen molar-refractivity contribution in [1.82, 2.24) is 5.32 Å². The average Bonchev–Trinajstić information content (AvgIpc) is 3.14. The van der Waals surface area contributed by atoms with E-state index in [0.717, 1.165) is 16.9 Å². The Balaban J connectivity index is 1.45. The van der Waals surface area contributed by atoms with Crippen LogP contribution < -0.4 is 14.8 Å². The zero-order valence-electron chi connectivity index (χ0n) is 16.5. The highest BCUT2D eigenvalue weighted by Crippen LogP contribution is 2.28. The van der Waals surface area contributed by atoms with Crippen molar-refractivity contribution < 1.29 is 19.1 Å². The van der Waals surface area contributed by atoms with Crippen molar-refractivity contribution in [2.45, 2.75) is 26.2 Å². The van der Waals surface area contributed by atoms with Gasteiger partial charge in [0.05, 0.1) is 13.7 Å². The quantitative estimate of drug-likeness (QED) is 0.762. The van der Waals surface area contributed by atoms with Crippen molar-refractivity contribution in [2.24, 2.45) is 0 Å². The van der Waals surface area contributed by atoms with Gasteiger partial charge in [0, 0.05) is 12.0 Å². The van der Waals surface area contributed by atoms with Crippen LogP contribution in [-0.4, -0.2) is 32.0 Å². The van der Waals surface area contributed by atoms with Gasteiger partial charge in [0.1, 0.15) is 18.1 Å². The molecule has 0 unspecified atom stereocenters. The number of benzene rings is 2. The molecule has 1 N–H and O–H groups in total. The van der Waals surface area contributed by atoms with Crippen LogP contribution in [-0.2, 0) is 16.0 Å². The molecule has 5 heteroatoms. The first-order valence-electron chi connectivity index (χ1n) is 9.36. The topological polar surface area (TPSA) is 64.6 Å². The van der Waals surface area contributed by atoms with Gasteiger partial charge in [0.2, 0.25) is 5.91 Å². The molecule has 28 heavy (non-hydrogen) atoms. The van der Waals surface area contributed by atoms with Gasteiger partial charge in [-0.3, -0.25) is 9.59 Å². The molecule has 0 saturated carbocycles. The molecule has 0 heterocycles. The number of ketones is 1. The summed E-state index contributed by atoms with van der Waals surface area (Å²) in [5.41, 5.74) is 3.91. The number of hydrogen-bond acceptors (Lipinski definition) is 4. The fourth-order valence-corrected chi connectivity index (χ4v) is 3.05. The Morgan fingerprint density at radius 1 is 1.07 bits per heavy atom. The number of hydrogen-bond donors (Lipinski definition) is 1. The number of rotatable bonds is 8. The summed E-state index contributed by atoms with van der Waals surface area (Å²) in [5.74, 6) is 1.45. The number of carbonyl (C=O) groups is 2. The molecule has 0 bridgehead atoms. The minimum absolute atomic E-state index is 0.0556. The molecule has 0 aromatic heterocycles. The van der Waals surface area contributed by atoms with Gasteiger partial charge >= 0.3 is 0 Å². The normalized spacial score (nSPS) is 12.4. The summed E-state index contributed by atoms with van der Waals surface area (Å²) in [6.45, 7) is 4.12. The van der Waals surface area contributed by atoms with Crippen LogP contribution in [0.15, 0.2) is 48.0 Å². The molecule has 0 atom stereocenters. The first kappa shape index (κ1) is 19.7. The fourth-order valence-electron chi connectivity index (χ4n) is 3.05. The Bertz CT molecular complexity index is 897. The van der Waals surface area contributed by atoms with Crippen molar-refractivity contribution in [3.8, 4) is 11.5 Å². The SMILES string of the molecule is COc1ccc2c(c1)CC(C(=O)NCC(=O)COc1ccc(C(C)C)cc1)=C2. The largest absolute Gasteiger partial charge is 0.497 e. The van der Waals surface area contributed by atoms with E-state index in [1.54, 1.807) is 7.11 Å². The van der Waals surface area contributed by atoms with Gasteiger partial charge in [-0.2, -0.15) is 0 Å². The van der Waals surface area contributed by atoms with Crippen LogP contribution in [0.3, 0.4) is 0 Å². The van der Waals surface area contributed by atoms with E-state index in [4.69, 9.17) is 9.47 Å². The van der Waals surface area contributed by atoms with Crippen molar-refractivity contribution in [3.63, 3.8) is 0 Å². The number of ether oxygens (including phenoxy) is 2. The molecule has 0 aliphatic heterocycles. The zero-order chi connectivity index (χ0) is 20.1. The lowest BCUT2D eigenvalue weighted by Gasteiger charge is -2.09. The van der Waals surface area contributed by atoms with Crippen LogP contribution >= 0.6 is 0 Å². The van der Waals surface area contributed by atoms with Gasteiger partial charge in [-0.25, -0.2) is 0 Å². The summed E-state index contributed by atoms with van der Waals surface area (Å²) in [7, 11) is 1.62. The second-order valence-electron chi connectivity index (χ2n) is 7.14. The van der Waals surface area contributed by atoms with Crippen molar-refractivity contribution in [3.05, 3.63) is 64.7 Å². The van der Waals surface area contributed by atoms with E-state index in [2.05, 4.69) is 19.2 Å². The van der Waals surface area contributed by atoms with Crippen molar-refractivity contribution in [2.75, 3.05) is 20.3 Å². The summed E-state index contributed by atoms with van der Waals surface area (Å²) >= 11 is 0. The van der Waals surface area contributed by atoms with Gasteiger partial charge in [-0.15, -0.1) is 0 Å². The molecule has 2 aromatic carbocycles. The highest BCUT2D eigenvalue weighted by Gasteiger charge is 2.19. The highest BCUT2D eigenvalue weighted by molar-refractivity contribution is 6.02. The number of carbonyl (C=O) groups excluding carboxylic acids is 2. The molecule has 0 fully saturated rings. The first-order chi connectivity index (χ1) is 13.5. The van der Waals surface area contributed by atoms with Crippen LogP contribution in [0.1, 0.15) is 36.5 Å². The second kappa shape index (κ2) is 8.74. The monoisotopic (exact) mass is 379 g/mol. The zero-order valence-corrected chi connectivity index (χ0v) is 16.5. The van der Waals surface area contributed by atoms with Gasteiger partial charge in [-0.05, 0) is 52.9 Å². The highest BCUT2D eigenvalue weighted by atomic mass is 16.5. The minimum atomic E-state index is -0.232. The van der Waals surface area contributed by atoms with Crippen LogP contribution in [0, 0.1) is 0 Å². The predicted molar refractivity (Wildman–Crippen MR) is 109 cm³/mol. The molecular weight excluding hydrogens is 354 g/mol. The molecule has 0 spiro atoms. The summed E-state index contributed by atoms with van der Waals surface area (Å²) in [6, 6.07) is 13.4. The number of methoxy groups -OCH3 is 1. The van der Waals surface area contributed by atoms with E-state index >= 15 is 0 Å². The molecule has 1 amide bonds. The van der Waals surface area contributed by atoms with E-state index in [9.17, 15) is 9.59 Å². The lowest BCUT2D eigenvalue weighted by molar-refractivity contribution is -0.124. The summed E-state index contributed by atoms with van der Waals surface area (Å²) < 4.78 is 10.7. The number of Topliss-reactive ketones (excluding diaryl/α,β-unsaturated/α-hetero) is 1. The van der Waals surface area contributed by atoms with Crippen molar-refractivity contribution >= 4 is 17.8 Å². The van der Waals surface area contributed by atoms with Gasteiger partial charge < -0.3 is 14.8 Å². The van der Waals surface area contributed by atoms with Crippen LogP contribution in [0.2, 0.25) is 0 Å². The van der Waals surface area contributed by atoms with Crippen LogP contribution in [0.4, 0.5) is 0 Å². The second-order valence-corrected chi connectivity index (χ2v) is 7.14. The lowest BCUT2D eigenvalue weighted by atomic mass is 10.0. The van der Waals surface area contributed by atoms with Crippen LogP contribution in [0.25, 0.3) is 6.08 Å². The Morgan fingerprint density at radius 3 is 2.46 bits per heavy atom. The molecule has 146 valence electrons. The third kappa shape index (κ3) is 4.80. The smallest absolute Gasteiger partial charge is 0.247 e. The third-order valence-electron chi connectivity index (χ3n) is 4.75. The minimum Gasteiger partial charge on any atom is -0.497 e. The fraction of sp³-hybridized carbons (Fsp3) is 0.304. The van der Waals surface area contributed by atoms with E-state index in [1.165, 1.54) is 5.56 Å². The Kier molecular flexibility index (Phi) is 6.14. The van der Waals surface area contributed by atoms with E-state index in [1.807, 2.05) is 48.5 Å². The van der Waals surface area contributed by atoms with Gasteiger partial charge in [0.15, 0.2) is 5.78 Å². The van der Waals surface area contributed by atoms with Crippen molar-refractivity contribution in [1.29, 1.82) is 0 Å². The molecule has 3 rings (SSSR count). The number of nitrogens with one attached hydrogen (secondary N) is 1. The summed E-state index contributed by atoms with van der Waals surface area (Å²) in [4.78, 5) is 24.4. The third-order valence-corrected chi connectivity index (χ3v) is 4.75. The summed E-state index contributed by atoms with van der Waals surface area (Å²) in [6.07, 6.45) is 2.38. The number of fused-ring (bicyclic) bond motifs is 1. The van der Waals surface area contributed by atoms with Crippen LogP contribution in [0.5, 0.6) is 11.5 Å². The Labute approximate surface area is 165 Å². The molecule has 0 radical (unpaired) electrons. The standard InChI is InChI=1S/C23H25NO4/c1-15(2)16-4-7-21(8-5-16)28-14-20(25)13-24-23(26)19-10-17-6-9-22(27-3)12-18(17)11-19/h4-10,12,15H,11,13-14H2,1-3H3,(H,24,26).